The molecule has 4 nitrogen and oxygen atoms in total. The van der Waals surface area contributed by atoms with Gasteiger partial charge in [0, 0.05) is 35.5 Å². The molecule has 1 saturated heterocycles. The van der Waals surface area contributed by atoms with E-state index in [9.17, 15) is 0 Å². The van der Waals surface area contributed by atoms with Gasteiger partial charge in [-0.25, -0.2) is 9.97 Å². The molecule has 0 spiro atoms. The molecule has 1 aliphatic heterocycles. The van der Waals surface area contributed by atoms with Gasteiger partial charge < -0.3 is 10.6 Å². The van der Waals surface area contributed by atoms with Gasteiger partial charge in [-0.3, -0.25) is 0 Å². The van der Waals surface area contributed by atoms with Gasteiger partial charge in [-0.1, -0.05) is 36.9 Å². The number of aromatic nitrogens is 2. The number of rotatable bonds is 3. The van der Waals surface area contributed by atoms with Crippen LogP contribution in [0.3, 0.4) is 0 Å². The fourth-order valence-electron chi connectivity index (χ4n) is 3.05. The molecule has 0 bridgehead atoms. The van der Waals surface area contributed by atoms with Crippen molar-refractivity contribution in [3.8, 4) is 11.3 Å². The number of anilines is 1. The number of hydrogen-bond acceptors (Lipinski definition) is 4. The summed E-state index contributed by atoms with van der Waals surface area (Å²) >= 11 is 0. The molecular weight excluding hydrogens is 272 g/mol. The Balaban J connectivity index is 1.77. The van der Waals surface area contributed by atoms with E-state index in [0.717, 1.165) is 29.8 Å². The Morgan fingerprint density at radius 3 is 2.73 bits per heavy atom. The van der Waals surface area contributed by atoms with Crippen molar-refractivity contribution in [2.75, 3.05) is 5.32 Å². The van der Waals surface area contributed by atoms with Crippen LogP contribution in [0.15, 0.2) is 54.9 Å². The Kier molecular flexibility index (Phi) is 3.84. The number of nitrogens with one attached hydrogen (secondary N) is 2. The number of benzene rings is 1. The standard InChI is InChI=1S/C18H22N4/c1-13-11-15(12-18(2,3)22-13)20-17-19-10-9-16(21-17)14-7-5-4-6-8-14/h4-10,15,22H,1,11-12H2,2-3H3,(H,19,20,21). The lowest BCUT2D eigenvalue weighted by Gasteiger charge is -2.38. The zero-order valence-electron chi connectivity index (χ0n) is 13.1. The van der Waals surface area contributed by atoms with Gasteiger partial charge in [-0.2, -0.15) is 0 Å². The first-order chi connectivity index (χ1) is 10.5. The largest absolute Gasteiger partial charge is 0.384 e. The van der Waals surface area contributed by atoms with Crippen LogP contribution in [0.4, 0.5) is 5.95 Å². The maximum atomic E-state index is 4.64. The van der Waals surface area contributed by atoms with Crippen molar-refractivity contribution in [1.29, 1.82) is 0 Å². The predicted octanol–water partition coefficient (Wildman–Crippen LogP) is 3.60. The van der Waals surface area contributed by atoms with Crippen LogP contribution in [0.2, 0.25) is 0 Å². The van der Waals surface area contributed by atoms with Gasteiger partial charge in [-0.15, -0.1) is 0 Å². The fourth-order valence-corrected chi connectivity index (χ4v) is 3.05. The first-order valence-corrected chi connectivity index (χ1v) is 7.63. The third kappa shape index (κ3) is 3.45. The molecule has 22 heavy (non-hydrogen) atoms. The van der Waals surface area contributed by atoms with Crippen molar-refractivity contribution in [3.63, 3.8) is 0 Å². The van der Waals surface area contributed by atoms with Crippen LogP contribution in [0.25, 0.3) is 11.3 Å². The second-order valence-corrected chi connectivity index (χ2v) is 6.49. The van der Waals surface area contributed by atoms with E-state index in [-0.39, 0.29) is 5.54 Å². The molecule has 0 radical (unpaired) electrons. The summed E-state index contributed by atoms with van der Waals surface area (Å²) in [6.07, 6.45) is 3.70. The van der Waals surface area contributed by atoms with Crippen LogP contribution >= 0.6 is 0 Å². The lowest BCUT2D eigenvalue weighted by atomic mass is 9.88. The smallest absolute Gasteiger partial charge is 0.223 e. The van der Waals surface area contributed by atoms with E-state index in [1.165, 1.54) is 0 Å². The van der Waals surface area contributed by atoms with Crippen molar-refractivity contribution in [2.24, 2.45) is 0 Å². The highest BCUT2D eigenvalue weighted by Gasteiger charge is 2.29. The molecule has 1 aromatic carbocycles. The summed E-state index contributed by atoms with van der Waals surface area (Å²) in [7, 11) is 0. The fraction of sp³-hybridized carbons (Fsp3) is 0.333. The number of hydrogen-bond donors (Lipinski definition) is 2. The molecule has 0 amide bonds. The summed E-state index contributed by atoms with van der Waals surface area (Å²) in [6, 6.07) is 12.4. The maximum absolute atomic E-state index is 4.64. The van der Waals surface area contributed by atoms with Crippen LogP contribution in [0.1, 0.15) is 26.7 Å². The second kappa shape index (κ2) is 5.79. The summed E-state index contributed by atoms with van der Waals surface area (Å²) in [6.45, 7) is 8.45. The van der Waals surface area contributed by atoms with Crippen molar-refractivity contribution >= 4 is 5.95 Å². The van der Waals surface area contributed by atoms with Gasteiger partial charge in [0.2, 0.25) is 5.95 Å². The molecule has 3 rings (SSSR count). The Morgan fingerprint density at radius 1 is 1.23 bits per heavy atom. The molecule has 114 valence electrons. The van der Waals surface area contributed by atoms with E-state index >= 15 is 0 Å². The van der Waals surface area contributed by atoms with Crippen molar-refractivity contribution < 1.29 is 0 Å². The predicted molar refractivity (Wildman–Crippen MR) is 90.5 cm³/mol. The topological polar surface area (TPSA) is 49.8 Å². The molecule has 2 N–H and O–H groups in total. The first-order valence-electron chi connectivity index (χ1n) is 7.63. The molecule has 1 unspecified atom stereocenters. The molecule has 2 aromatic rings. The summed E-state index contributed by atoms with van der Waals surface area (Å²) < 4.78 is 0. The van der Waals surface area contributed by atoms with Gasteiger partial charge in [-0.05, 0) is 26.3 Å². The van der Waals surface area contributed by atoms with E-state index in [1.807, 2.05) is 24.3 Å². The van der Waals surface area contributed by atoms with Crippen molar-refractivity contribution in [3.05, 3.63) is 54.9 Å². The van der Waals surface area contributed by atoms with Gasteiger partial charge >= 0.3 is 0 Å². The van der Waals surface area contributed by atoms with Gasteiger partial charge in [0.15, 0.2) is 0 Å². The maximum Gasteiger partial charge on any atom is 0.223 e. The Hall–Kier alpha value is -2.36. The summed E-state index contributed by atoms with van der Waals surface area (Å²) in [5, 5.41) is 6.89. The van der Waals surface area contributed by atoms with Gasteiger partial charge in [0.05, 0.1) is 5.69 Å². The van der Waals surface area contributed by atoms with E-state index < -0.39 is 0 Å². The van der Waals surface area contributed by atoms with E-state index in [2.05, 4.69) is 53.2 Å². The highest BCUT2D eigenvalue weighted by atomic mass is 15.1. The minimum absolute atomic E-state index is 0.0457. The third-order valence-corrected chi connectivity index (χ3v) is 3.82. The van der Waals surface area contributed by atoms with Crippen LogP contribution in [-0.4, -0.2) is 21.5 Å². The quantitative estimate of drug-likeness (QED) is 0.908. The molecule has 0 saturated carbocycles. The van der Waals surface area contributed by atoms with Gasteiger partial charge in [0.1, 0.15) is 0 Å². The summed E-state index contributed by atoms with van der Waals surface area (Å²) in [5.41, 5.74) is 3.14. The second-order valence-electron chi connectivity index (χ2n) is 6.49. The molecule has 1 fully saturated rings. The molecule has 1 aromatic heterocycles. The van der Waals surface area contributed by atoms with Crippen molar-refractivity contribution in [1.82, 2.24) is 15.3 Å². The molecule has 1 atom stereocenters. The highest BCUT2D eigenvalue weighted by Crippen LogP contribution is 2.25. The van der Waals surface area contributed by atoms with Crippen LogP contribution in [-0.2, 0) is 0 Å². The first kappa shape index (κ1) is 14.6. The van der Waals surface area contributed by atoms with Crippen molar-refractivity contribution in [2.45, 2.75) is 38.3 Å². The zero-order chi connectivity index (χ0) is 15.6. The number of piperidine rings is 1. The SMILES string of the molecule is C=C1CC(Nc2nccc(-c3ccccc3)n2)CC(C)(C)N1. The van der Waals surface area contributed by atoms with Gasteiger partial charge in [0.25, 0.3) is 0 Å². The number of nitrogens with zero attached hydrogens (tertiary/aromatic N) is 2. The monoisotopic (exact) mass is 294 g/mol. The van der Waals surface area contributed by atoms with E-state index in [1.54, 1.807) is 6.20 Å². The summed E-state index contributed by atoms with van der Waals surface area (Å²) in [5.74, 6) is 0.678. The molecule has 2 heterocycles. The average molecular weight is 294 g/mol. The minimum Gasteiger partial charge on any atom is -0.384 e. The molecular formula is C18H22N4. The van der Waals surface area contributed by atoms with E-state index in [4.69, 9.17) is 0 Å². The zero-order valence-corrected chi connectivity index (χ0v) is 13.1. The third-order valence-electron chi connectivity index (χ3n) is 3.82. The Labute approximate surface area is 131 Å². The summed E-state index contributed by atoms with van der Waals surface area (Å²) in [4.78, 5) is 9.00. The molecule has 0 aliphatic carbocycles. The van der Waals surface area contributed by atoms with E-state index in [0.29, 0.717) is 12.0 Å². The van der Waals surface area contributed by atoms with Crippen LogP contribution < -0.4 is 10.6 Å². The highest BCUT2D eigenvalue weighted by molar-refractivity contribution is 5.59. The molecule has 4 heteroatoms. The lowest BCUT2D eigenvalue weighted by molar-refractivity contribution is 0.324. The Bertz CT molecular complexity index is 664. The minimum atomic E-state index is 0.0457. The lowest BCUT2D eigenvalue weighted by Crippen LogP contribution is -2.48. The van der Waals surface area contributed by atoms with Crippen LogP contribution in [0.5, 0.6) is 0 Å². The normalized spacial score (nSPS) is 20.3. The molecule has 1 aliphatic rings. The average Bonchev–Trinajstić information content (AvgIpc) is 2.46. The Morgan fingerprint density at radius 2 is 2.00 bits per heavy atom. The van der Waals surface area contributed by atoms with Crippen LogP contribution in [0, 0.1) is 0 Å².